The van der Waals surface area contributed by atoms with Crippen LogP contribution in [0.1, 0.15) is 45.4 Å². The van der Waals surface area contributed by atoms with Gasteiger partial charge in [-0.3, -0.25) is 0 Å². The van der Waals surface area contributed by atoms with Crippen molar-refractivity contribution in [2.75, 3.05) is 46.0 Å². The highest BCUT2D eigenvalue weighted by atomic mass is 16.5. The van der Waals surface area contributed by atoms with Gasteiger partial charge in [0.15, 0.2) is 0 Å². The van der Waals surface area contributed by atoms with Gasteiger partial charge in [-0.2, -0.15) is 0 Å². The zero-order valence-corrected chi connectivity index (χ0v) is 13.1. The molecule has 2 rings (SSSR count). The molecule has 1 N–H and O–H groups in total. The molecule has 1 unspecified atom stereocenters. The van der Waals surface area contributed by atoms with Crippen LogP contribution in [0, 0.1) is 0 Å². The molecule has 2 heterocycles. The van der Waals surface area contributed by atoms with E-state index < -0.39 is 0 Å². The van der Waals surface area contributed by atoms with Gasteiger partial charge in [0.05, 0.1) is 12.7 Å². The van der Waals surface area contributed by atoms with E-state index in [9.17, 15) is 0 Å². The minimum Gasteiger partial charge on any atom is -0.379 e. The lowest BCUT2D eigenvalue weighted by molar-refractivity contribution is 0.0164. The van der Waals surface area contributed by atoms with Crippen molar-refractivity contribution in [3.63, 3.8) is 0 Å². The predicted octanol–water partition coefficient (Wildman–Crippen LogP) is 2.04. The first kappa shape index (κ1) is 16.2. The molecule has 20 heavy (non-hydrogen) atoms. The molecule has 0 aromatic rings. The molecule has 0 aromatic heterocycles. The molecule has 0 radical (unpaired) electrons. The first-order chi connectivity index (χ1) is 9.88. The van der Waals surface area contributed by atoms with E-state index in [0.717, 1.165) is 38.8 Å². The van der Waals surface area contributed by atoms with E-state index in [1.807, 2.05) is 0 Å². The van der Waals surface area contributed by atoms with Crippen molar-refractivity contribution in [2.45, 2.75) is 57.6 Å². The summed E-state index contributed by atoms with van der Waals surface area (Å²) in [5.74, 6) is 0. The molecule has 4 nitrogen and oxygen atoms in total. The highest BCUT2D eigenvalue weighted by molar-refractivity contribution is 4.76. The van der Waals surface area contributed by atoms with Gasteiger partial charge in [-0.15, -0.1) is 0 Å². The van der Waals surface area contributed by atoms with Crippen LogP contribution in [0.25, 0.3) is 0 Å². The Morgan fingerprint density at radius 2 is 2.10 bits per heavy atom. The minimum atomic E-state index is 0.367. The van der Waals surface area contributed by atoms with Crippen molar-refractivity contribution in [3.05, 3.63) is 0 Å². The van der Waals surface area contributed by atoms with Crippen LogP contribution in [0.3, 0.4) is 0 Å². The molecule has 2 aliphatic rings. The van der Waals surface area contributed by atoms with Crippen LogP contribution in [0.4, 0.5) is 0 Å². The molecule has 1 atom stereocenters. The molecule has 0 saturated carbocycles. The summed E-state index contributed by atoms with van der Waals surface area (Å²) in [6.07, 6.45) is 7.74. The Bertz CT molecular complexity index is 237. The largest absolute Gasteiger partial charge is 0.379 e. The van der Waals surface area contributed by atoms with Crippen molar-refractivity contribution in [1.82, 2.24) is 10.2 Å². The summed E-state index contributed by atoms with van der Waals surface area (Å²) in [6, 6.07) is 0.723. The Labute approximate surface area is 124 Å². The lowest BCUT2D eigenvalue weighted by Gasteiger charge is -2.32. The van der Waals surface area contributed by atoms with E-state index in [-0.39, 0.29) is 0 Å². The summed E-state index contributed by atoms with van der Waals surface area (Å²) in [4.78, 5) is 2.59. The second kappa shape index (κ2) is 9.72. The molecule has 2 saturated heterocycles. The van der Waals surface area contributed by atoms with Crippen LogP contribution in [-0.2, 0) is 9.47 Å². The maximum absolute atomic E-state index is 5.68. The lowest BCUT2D eigenvalue weighted by atomic mass is 10.0. The third kappa shape index (κ3) is 6.08. The highest BCUT2D eigenvalue weighted by Crippen LogP contribution is 2.12. The Morgan fingerprint density at radius 3 is 2.80 bits per heavy atom. The SMILES string of the molecule is CCCN1CCC(NCCCOCC2CCCO2)CC1. The molecule has 118 valence electrons. The summed E-state index contributed by atoms with van der Waals surface area (Å²) in [6.45, 7) is 9.72. The van der Waals surface area contributed by atoms with Crippen molar-refractivity contribution in [2.24, 2.45) is 0 Å². The van der Waals surface area contributed by atoms with E-state index >= 15 is 0 Å². The normalized spacial score (nSPS) is 25.4. The van der Waals surface area contributed by atoms with Crippen molar-refractivity contribution < 1.29 is 9.47 Å². The van der Waals surface area contributed by atoms with Gasteiger partial charge < -0.3 is 19.7 Å². The first-order valence-electron chi connectivity index (χ1n) is 8.53. The Balaban J connectivity index is 1.40. The molecule has 4 heteroatoms. The molecule has 0 amide bonds. The van der Waals surface area contributed by atoms with Crippen molar-refractivity contribution in [1.29, 1.82) is 0 Å². The molecule has 0 spiro atoms. The number of ether oxygens (including phenoxy) is 2. The smallest absolute Gasteiger partial charge is 0.0809 e. The zero-order valence-electron chi connectivity index (χ0n) is 13.1. The van der Waals surface area contributed by atoms with Gasteiger partial charge in [0.1, 0.15) is 0 Å². The van der Waals surface area contributed by atoms with Gasteiger partial charge in [0, 0.05) is 19.3 Å². The van der Waals surface area contributed by atoms with Gasteiger partial charge in [0.2, 0.25) is 0 Å². The topological polar surface area (TPSA) is 33.7 Å². The van der Waals surface area contributed by atoms with E-state index in [2.05, 4.69) is 17.1 Å². The van der Waals surface area contributed by atoms with Crippen LogP contribution in [0.5, 0.6) is 0 Å². The number of hydrogen-bond donors (Lipinski definition) is 1. The molecule has 0 aliphatic carbocycles. The fourth-order valence-corrected chi connectivity index (χ4v) is 3.15. The summed E-state index contributed by atoms with van der Waals surface area (Å²) in [5.41, 5.74) is 0. The number of rotatable bonds is 9. The number of hydrogen-bond acceptors (Lipinski definition) is 4. The van der Waals surface area contributed by atoms with E-state index in [1.54, 1.807) is 0 Å². The lowest BCUT2D eigenvalue weighted by Crippen LogP contribution is -2.43. The van der Waals surface area contributed by atoms with Gasteiger partial charge >= 0.3 is 0 Å². The fourth-order valence-electron chi connectivity index (χ4n) is 3.15. The molecular formula is C16H32N2O2. The molecule has 0 bridgehead atoms. The summed E-state index contributed by atoms with van der Waals surface area (Å²) < 4.78 is 11.2. The standard InChI is InChI=1S/C16H32N2O2/c1-2-9-18-10-6-15(7-11-18)17-8-4-12-19-14-16-5-3-13-20-16/h15-17H,2-14H2,1H3. The van der Waals surface area contributed by atoms with Crippen LogP contribution in [-0.4, -0.2) is 63.0 Å². The van der Waals surface area contributed by atoms with Gasteiger partial charge in [0.25, 0.3) is 0 Å². The Hall–Kier alpha value is -0.160. The Kier molecular flexibility index (Phi) is 7.88. The number of nitrogens with one attached hydrogen (secondary N) is 1. The van der Waals surface area contributed by atoms with E-state index in [4.69, 9.17) is 9.47 Å². The predicted molar refractivity (Wildman–Crippen MR) is 82.2 cm³/mol. The third-order valence-corrected chi connectivity index (χ3v) is 4.35. The van der Waals surface area contributed by atoms with Crippen molar-refractivity contribution >= 4 is 0 Å². The molecular weight excluding hydrogens is 252 g/mol. The summed E-state index contributed by atoms with van der Waals surface area (Å²) in [5, 5.41) is 3.67. The maximum atomic E-state index is 5.68. The van der Waals surface area contributed by atoms with Gasteiger partial charge in [-0.1, -0.05) is 6.92 Å². The second-order valence-corrected chi connectivity index (χ2v) is 6.13. The summed E-state index contributed by atoms with van der Waals surface area (Å²) >= 11 is 0. The monoisotopic (exact) mass is 284 g/mol. The average molecular weight is 284 g/mol. The number of likely N-dealkylation sites (tertiary alicyclic amines) is 1. The number of nitrogens with zero attached hydrogens (tertiary/aromatic N) is 1. The van der Waals surface area contributed by atoms with Crippen molar-refractivity contribution in [3.8, 4) is 0 Å². The van der Waals surface area contributed by atoms with Crippen LogP contribution < -0.4 is 5.32 Å². The average Bonchev–Trinajstić information content (AvgIpc) is 2.98. The van der Waals surface area contributed by atoms with E-state index in [1.165, 1.54) is 51.7 Å². The third-order valence-electron chi connectivity index (χ3n) is 4.35. The Morgan fingerprint density at radius 1 is 1.25 bits per heavy atom. The zero-order chi connectivity index (χ0) is 14.0. The second-order valence-electron chi connectivity index (χ2n) is 6.13. The van der Waals surface area contributed by atoms with Crippen LogP contribution in [0.2, 0.25) is 0 Å². The highest BCUT2D eigenvalue weighted by Gasteiger charge is 2.18. The van der Waals surface area contributed by atoms with Crippen LogP contribution >= 0.6 is 0 Å². The van der Waals surface area contributed by atoms with Gasteiger partial charge in [-0.25, -0.2) is 0 Å². The molecule has 2 fully saturated rings. The maximum Gasteiger partial charge on any atom is 0.0809 e. The minimum absolute atomic E-state index is 0.367. The van der Waals surface area contributed by atoms with Gasteiger partial charge in [-0.05, 0) is 64.7 Å². The first-order valence-corrected chi connectivity index (χ1v) is 8.53. The fraction of sp³-hybridized carbons (Fsp3) is 1.00. The molecule has 2 aliphatic heterocycles. The number of piperidine rings is 1. The summed E-state index contributed by atoms with van der Waals surface area (Å²) in [7, 11) is 0. The van der Waals surface area contributed by atoms with E-state index in [0.29, 0.717) is 6.10 Å². The van der Waals surface area contributed by atoms with Crippen LogP contribution in [0.15, 0.2) is 0 Å². The molecule has 0 aromatic carbocycles. The quantitative estimate of drug-likeness (QED) is 0.657.